The summed E-state index contributed by atoms with van der Waals surface area (Å²) in [6.07, 6.45) is 5.84. The van der Waals surface area contributed by atoms with Crippen LogP contribution in [-0.2, 0) is 0 Å². The van der Waals surface area contributed by atoms with Crippen LogP contribution in [0.25, 0.3) is 10.8 Å². The van der Waals surface area contributed by atoms with E-state index < -0.39 is 0 Å². The fourth-order valence-electron chi connectivity index (χ4n) is 2.98. The van der Waals surface area contributed by atoms with Crippen LogP contribution in [0, 0.1) is 0 Å². The van der Waals surface area contributed by atoms with Crippen molar-refractivity contribution >= 4 is 16.7 Å². The van der Waals surface area contributed by atoms with Crippen LogP contribution in [0.3, 0.4) is 0 Å². The molecule has 1 aliphatic rings. The van der Waals surface area contributed by atoms with E-state index in [2.05, 4.69) is 5.32 Å². The second-order valence-electron chi connectivity index (χ2n) is 5.52. The van der Waals surface area contributed by atoms with E-state index >= 15 is 0 Å². The van der Waals surface area contributed by atoms with Gasteiger partial charge in [0.25, 0.3) is 5.91 Å². The number of hydrogen-bond acceptors (Lipinski definition) is 2. The Morgan fingerprint density at radius 2 is 1.90 bits per heavy atom. The molecule has 3 rings (SSSR count). The second kappa shape index (κ2) is 5.53. The molecular formula is C17H19NO2. The van der Waals surface area contributed by atoms with Gasteiger partial charge in [0.2, 0.25) is 0 Å². The average molecular weight is 269 g/mol. The summed E-state index contributed by atoms with van der Waals surface area (Å²) >= 11 is 0. The topological polar surface area (TPSA) is 49.3 Å². The highest BCUT2D eigenvalue weighted by Crippen LogP contribution is 2.24. The zero-order valence-electron chi connectivity index (χ0n) is 11.4. The molecule has 0 radical (unpaired) electrons. The van der Waals surface area contributed by atoms with Gasteiger partial charge in [-0.15, -0.1) is 0 Å². The fraction of sp³-hybridized carbons (Fsp3) is 0.353. The van der Waals surface area contributed by atoms with Crippen LogP contribution in [-0.4, -0.2) is 17.1 Å². The third-order valence-corrected chi connectivity index (χ3v) is 4.05. The van der Waals surface area contributed by atoms with Crippen molar-refractivity contribution in [1.82, 2.24) is 5.32 Å². The van der Waals surface area contributed by atoms with Gasteiger partial charge < -0.3 is 10.4 Å². The van der Waals surface area contributed by atoms with Crippen molar-refractivity contribution < 1.29 is 9.90 Å². The van der Waals surface area contributed by atoms with Gasteiger partial charge in [-0.25, -0.2) is 0 Å². The van der Waals surface area contributed by atoms with Crippen LogP contribution in [0.5, 0.6) is 5.75 Å². The molecule has 0 unspecified atom stereocenters. The molecule has 0 aliphatic heterocycles. The van der Waals surface area contributed by atoms with Gasteiger partial charge in [-0.3, -0.25) is 4.79 Å². The number of fused-ring (bicyclic) bond motifs is 1. The molecule has 1 fully saturated rings. The number of rotatable bonds is 2. The van der Waals surface area contributed by atoms with Crippen LogP contribution in [0.1, 0.15) is 42.5 Å². The maximum atomic E-state index is 12.4. The Labute approximate surface area is 118 Å². The Morgan fingerprint density at radius 1 is 1.10 bits per heavy atom. The zero-order valence-corrected chi connectivity index (χ0v) is 11.4. The summed E-state index contributed by atoms with van der Waals surface area (Å²) in [6, 6.07) is 11.0. The van der Waals surface area contributed by atoms with E-state index in [-0.39, 0.29) is 11.7 Å². The van der Waals surface area contributed by atoms with E-state index in [1.165, 1.54) is 19.3 Å². The molecule has 2 N–H and O–H groups in total. The summed E-state index contributed by atoms with van der Waals surface area (Å²) < 4.78 is 0. The number of carbonyl (C=O) groups is 1. The van der Waals surface area contributed by atoms with Crippen LogP contribution in [0.15, 0.2) is 36.4 Å². The number of amides is 1. The molecule has 0 atom stereocenters. The Morgan fingerprint density at radius 3 is 2.70 bits per heavy atom. The average Bonchev–Trinajstić information content (AvgIpc) is 2.47. The second-order valence-corrected chi connectivity index (χ2v) is 5.52. The number of phenols is 1. The van der Waals surface area contributed by atoms with Crippen molar-refractivity contribution in [2.45, 2.75) is 38.1 Å². The smallest absolute Gasteiger partial charge is 0.252 e. The minimum Gasteiger partial charge on any atom is -0.508 e. The summed E-state index contributed by atoms with van der Waals surface area (Å²) in [5, 5.41) is 14.4. The van der Waals surface area contributed by atoms with E-state index in [0.29, 0.717) is 11.6 Å². The van der Waals surface area contributed by atoms with Gasteiger partial charge in [-0.1, -0.05) is 31.4 Å². The Bertz CT molecular complexity index is 630. The molecule has 0 heterocycles. The molecule has 2 aromatic rings. The van der Waals surface area contributed by atoms with Gasteiger partial charge in [0.1, 0.15) is 5.75 Å². The van der Waals surface area contributed by atoms with Crippen LogP contribution < -0.4 is 5.32 Å². The summed E-state index contributed by atoms with van der Waals surface area (Å²) in [7, 11) is 0. The maximum absolute atomic E-state index is 12.4. The van der Waals surface area contributed by atoms with Crippen molar-refractivity contribution in [2.24, 2.45) is 0 Å². The van der Waals surface area contributed by atoms with E-state index in [9.17, 15) is 9.90 Å². The molecule has 1 saturated carbocycles. The van der Waals surface area contributed by atoms with Crippen molar-refractivity contribution in [3.63, 3.8) is 0 Å². The molecule has 1 amide bonds. The van der Waals surface area contributed by atoms with Gasteiger partial charge in [0.05, 0.1) is 0 Å². The van der Waals surface area contributed by atoms with Crippen molar-refractivity contribution in [3.8, 4) is 5.75 Å². The molecule has 20 heavy (non-hydrogen) atoms. The lowest BCUT2D eigenvalue weighted by atomic mass is 9.95. The Hall–Kier alpha value is -2.03. The first-order valence-electron chi connectivity index (χ1n) is 7.26. The zero-order chi connectivity index (χ0) is 13.9. The van der Waals surface area contributed by atoms with Crippen LogP contribution >= 0.6 is 0 Å². The fourth-order valence-corrected chi connectivity index (χ4v) is 2.98. The normalized spacial score (nSPS) is 16.2. The lowest BCUT2D eigenvalue weighted by Crippen LogP contribution is -2.36. The quantitative estimate of drug-likeness (QED) is 0.875. The molecule has 2 aromatic carbocycles. The number of phenolic OH excluding ortho intramolecular Hbond substituents is 1. The number of aromatic hydroxyl groups is 1. The predicted octanol–water partition coefficient (Wildman–Crippen LogP) is 3.61. The van der Waals surface area contributed by atoms with Crippen LogP contribution in [0.2, 0.25) is 0 Å². The van der Waals surface area contributed by atoms with Gasteiger partial charge in [0, 0.05) is 11.6 Å². The summed E-state index contributed by atoms with van der Waals surface area (Å²) in [5.41, 5.74) is 0.688. The highest BCUT2D eigenvalue weighted by Gasteiger charge is 2.17. The SMILES string of the molecule is O=C(NC1CCCCC1)c1cccc2cc(O)ccc12. The molecule has 104 valence electrons. The largest absolute Gasteiger partial charge is 0.508 e. The highest BCUT2D eigenvalue weighted by molar-refractivity contribution is 6.07. The monoisotopic (exact) mass is 269 g/mol. The molecule has 0 bridgehead atoms. The van der Waals surface area contributed by atoms with Gasteiger partial charge in [-0.05, 0) is 47.9 Å². The summed E-state index contributed by atoms with van der Waals surface area (Å²) in [6.45, 7) is 0. The lowest BCUT2D eigenvalue weighted by molar-refractivity contribution is 0.0929. The molecule has 0 aromatic heterocycles. The molecule has 1 aliphatic carbocycles. The molecule has 3 nitrogen and oxygen atoms in total. The predicted molar refractivity (Wildman–Crippen MR) is 80.0 cm³/mol. The van der Waals surface area contributed by atoms with Gasteiger partial charge in [-0.2, -0.15) is 0 Å². The van der Waals surface area contributed by atoms with Gasteiger partial charge >= 0.3 is 0 Å². The molecule has 3 heteroatoms. The van der Waals surface area contributed by atoms with E-state index in [1.807, 2.05) is 18.2 Å². The Balaban J connectivity index is 1.87. The van der Waals surface area contributed by atoms with Crippen molar-refractivity contribution in [3.05, 3.63) is 42.0 Å². The van der Waals surface area contributed by atoms with Crippen molar-refractivity contribution in [2.75, 3.05) is 0 Å². The lowest BCUT2D eigenvalue weighted by Gasteiger charge is -2.23. The number of carbonyl (C=O) groups excluding carboxylic acids is 1. The first kappa shape index (κ1) is 13.0. The molecule has 0 saturated heterocycles. The van der Waals surface area contributed by atoms with Gasteiger partial charge in [0.15, 0.2) is 0 Å². The third kappa shape index (κ3) is 2.62. The third-order valence-electron chi connectivity index (χ3n) is 4.05. The first-order chi connectivity index (χ1) is 9.74. The maximum Gasteiger partial charge on any atom is 0.252 e. The molecular weight excluding hydrogens is 250 g/mol. The summed E-state index contributed by atoms with van der Waals surface area (Å²) in [4.78, 5) is 12.4. The number of hydrogen-bond donors (Lipinski definition) is 2. The van der Waals surface area contributed by atoms with E-state index in [4.69, 9.17) is 0 Å². The summed E-state index contributed by atoms with van der Waals surface area (Å²) in [5.74, 6) is 0.218. The first-order valence-corrected chi connectivity index (χ1v) is 7.26. The number of nitrogens with one attached hydrogen (secondary N) is 1. The highest BCUT2D eigenvalue weighted by atomic mass is 16.3. The minimum absolute atomic E-state index is 0.00631. The number of benzene rings is 2. The van der Waals surface area contributed by atoms with Crippen molar-refractivity contribution in [1.29, 1.82) is 0 Å². The minimum atomic E-state index is -0.00631. The van der Waals surface area contributed by atoms with E-state index in [1.54, 1.807) is 18.2 Å². The van der Waals surface area contributed by atoms with Crippen LogP contribution in [0.4, 0.5) is 0 Å². The Kier molecular flexibility index (Phi) is 3.59. The van der Waals surface area contributed by atoms with E-state index in [0.717, 1.165) is 23.6 Å². The molecule has 0 spiro atoms. The standard InChI is InChI=1S/C17H19NO2/c19-14-9-10-15-12(11-14)5-4-8-16(15)17(20)18-13-6-2-1-3-7-13/h4-5,8-11,13,19H,1-3,6-7H2,(H,18,20).